The highest BCUT2D eigenvalue weighted by Crippen LogP contribution is 2.31. The molecule has 86 valence electrons. The average Bonchev–Trinajstić information content (AvgIpc) is 2.86. The lowest BCUT2D eigenvalue weighted by atomic mass is 10.1. The minimum atomic E-state index is 0.247. The fraction of sp³-hybridized carbons (Fsp3) is 0.182. The second kappa shape index (κ2) is 4.53. The molecule has 0 saturated heterocycles. The summed E-state index contributed by atoms with van der Waals surface area (Å²) in [6, 6.07) is 7.26. The van der Waals surface area contributed by atoms with Gasteiger partial charge in [-0.2, -0.15) is 15.6 Å². The summed E-state index contributed by atoms with van der Waals surface area (Å²) in [5.74, 6) is 1.20. The van der Waals surface area contributed by atoms with Crippen LogP contribution in [0.3, 0.4) is 0 Å². The monoisotopic (exact) mass is 230 g/mol. The molecule has 0 aliphatic rings. The zero-order valence-electron chi connectivity index (χ0n) is 9.39. The van der Waals surface area contributed by atoms with Crippen LogP contribution in [0.2, 0.25) is 0 Å². The number of nitriles is 1. The third kappa shape index (κ3) is 1.90. The van der Waals surface area contributed by atoms with Gasteiger partial charge in [-0.1, -0.05) is 0 Å². The summed E-state index contributed by atoms with van der Waals surface area (Å²) < 4.78 is 10.3. The molecule has 0 saturated carbocycles. The first-order chi connectivity index (χ1) is 8.30. The topological polar surface area (TPSA) is 83.8 Å². The van der Waals surface area contributed by atoms with E-state index in [1.165, 1.54) is 0 Å². The maximum atomic E-state index is 8.87. The van der Waals surface area contributed by atoms with Crippen molar-refractivity contribution in [2.45, 2.75) is 0 Å². The van der Waals surface area contributed by atoms with Crippen LogP contribution in [0.25, 0.3) is 11.3 Å². The molecule has 1 aromatic carbocycles. The molecule has 2 aromatic rings. The molecule has 0 atom stereocenters. The number of aromatic nitrogens is 3. The van der Waals surface area contributed by atoms with E-state index in [4.69, 9.17) is 14.7 Å². The van der Waals surface area contributed by atoms with Crippen LogP contribution >= 0.6 is 0 Å². The number of aromatic amines is 1. The smallest absolute Gasteiger partial charge is 0.190 e. The summed E-state index contributed by atoms with van der Waals surface area (Å²) in [4.78, 5) is 0. The molecule has 0 aliphatic carbocycles. The Hall–Kier alpha value is -2.55. The number of nitrogens with zero attached hydrogens (tertiary/aromatic N) is 3. The fourth-order valence-corrected chi connectivity index (χ4v) is 1.49. The summed E-state index contributed by atoms with van der Waals surface area (Å²) >= 11 is 0. The van der Waals surface area contributed by atoms with Crippen molar-refractivity contribution < 1.29 is 9.47 Å². The molecule has 2 rings (SSSR count). The molecule has 0 spiro atoms. The predicted octanol–water partition coefficient (Wildman–Crippen LogP) is 1.36. The Kier molecular flexibility index (Phi) is 2.92. The molecule has 0 unspecified atom stereocenters. The van der Waals surface area contributed by atoms with Crippen molar-refractivity contribution in [2.75, 3.05) is 14.2 Å². The number of hydrogen-bond acceptors (Lipinski definition) is 5. The Morgan fingerprint density at radius 3 is 2.59 bits per heavy atom. The molecule has 6 heteroatoms. The van der Waals surface area contributed by atoms with Crippen LogP contribution in [0, 0.1) is 11.3 Å². The van der Waals surface area contributed by atoms with Crippen molar-refractivity contribution >= 4 is 0 Å². The van der Waals surface area contributed by atoms with Gasteiger partial charge in [0.15, 0.2) is 17.2 Å². The lowest BCUT2D eigenvalue weighted by Gasteiger charge is -2.08. The molecule has 6 nitrogen and oxygen atoms in total. The van der Waals surface area contributed by atoms with Crippen LogP contribution in [0.1, 0.15) is 5.69 Å². The highest BCUT2D eigenvalue weighted by Gasteiger charge is 2.12. The maximum Gasteiger partial charge on any atom is 0.190 e. The number of methoxy groups -OCH3 is 2. The summed E-state index contributed by atoms with van der Waals surface area (Å²) in [5, 5.41) is 19.0. The number of hydrogen-bond donors (Lipinski definition) is 1. The molecule has 1 heterocycles. The lowest BCUT2D eigenvalue weighted by Crippen LogP contribution is -1.91. The minimum Gasteiger partial charge on any atom is -0.493 e. The standard InChI is InChI=1S/C11H10N4O2/c1-16-9-4-3-7(5-10(9)17-2)11-8(6-12)13-15-14-11/h3-5H,1-2H3,(H,13,14,15). The molecule has 1 aromatic heterocycles. The second-order valence-corrected chi connectivity index (χ2v) is 3.20. The highest BCUT2D eigenvalue weighted by molar-refractivity contribution is 5.67. The summed E-state index contributed by atoms with van der Waals surface area (Å²) in [6.45, 7) is 0. The molecular weight excluding hydrogens is 220 g/mol. The van der Waals surface area contributed by atoms with E-state index in [0.717, 1.165) is 5.56 Å². The van der Waals surface area contributed by atoms with Crippen LogP contribution in [0.4, 0.5) is 0 Å². The lowest BCUT2D eigenvalue weighted by molar-refractivity contribution is 0.355. The van der Waals surface area contributed by atoms with Gasteiger partial charge in [0.25, 0.3) is 0 Å². The summed E-state index contributed by atoms with van der Waals surface area (Å²) in [7, 11) is 3.12. The van der Waals surface area contributed by atoms with E-state index >= 15 is 0 Å². The third-order valence-electron chi connectivity index (χ3n) is 2.31. The van der Waals surface area contributed by atoms with E-state index in [9.17, 15) is 0 Å². The highest BCUT2D eigenvalue weighted by atomic mass is 16.5. The third-order valence-corrected chi connectivity index (χ3v) is 2.31. The van der Waals surface area contributed by atoms with Gasteiger partial charge < -0.3 is 9.47 Å². The van der Waals surface area contributed by atoms with Gasteiger partial charge in [-0.15, -0.1) is 5.10 Å². The van der Waals surface area contributed by atoms with Gasteiger partial charge in [0.2, 0.25) is 0 Å². The van der Waals surface area contributed by atoms with Gasteiger partial charge in [0, 0.05) is 5.56 Å². The van der Waals surface area contributed by atoms with E-state index in [-0.39, 0.29) is 5.69 Å². The van der Waals surface area contributed by atoms with Crippen LogP contribution in [-0.4, -0.2) is 29.6 Å². The molecule has 1 N–H and O–H groups in total. The van der Waals surface area contributed by atoms with E-state index in [1.54, 1.807) is 32.4 Å². The maximum absolute atomic E-state index is 8.87. The number of ether oxygens (including phenoxy) is 2. The fourth-order valence-electron chi connectivity index (χ4n) is 1.49. The number of benzene rings is 1. The predicted molar refractivity (Wildman–Crippen MR) is 59.6 cm³/mol. The number of rotatable bonds is 3. The molecule has 0 amide bonds. The van der Waals surface area contributed by atoms with Gasteiger partial charge in [-0.05, 0) is 18.2 Å². The molecule has 0 fully saturated rings. The Balaban J connectivity index is 2.51. The van der Waals surface area contributed by atoms with E-state index < -0.39 is 0 Å². The van der Waals surface area contributed by atoms with Gasteiger partial charge in [-0.25, -0.2) is 0 Å². The summed E-state index contributed by atoms with van der Waals surface area (Å²) in [5.41, 5.74) is 1.48. The SMILES string of the molecule is COc1ccc(-c2n[nH]nc2C#N)cc1OC. The van der Waals surface area contributed by atoms with E-state index in [0.29, 0.717) is 17.2 Å². The van der Waals surface area contributed by atoms with Gasteiger partial charge in [0.05, 0.1) is 14.2 Å². The first-order valence-electron chi connectivity index (χ1n) is 4.83. The molecule has 0 bridgehead atoms. The molecular formula is C11H10N4O2. The largest absolute Gasteiger partial charge is 0.493 e. The second-order valence-electron chi connectivity index (χ2n) is 3.20. The number of nitrogens with one attached hydrogen (secondary N) is 1. The van der Waals surface area contributed by atoms with Crippen LogP contribution in [-0.2, 0) is 0 Å². The van der Waals surface area contributed by atoms with Crippen molar-refractivity contribution in [3.8, 4) is 28.8 Å². The van der Waals surface area contributed by atoms with Crippen LogP contribution < -0.4 is 9.47 Å². The Bertz CT molecular complexity index is 571. The summed E-state index contributed by atoms with van der Waals surface area (Å²) in [6.07, 6.45) is 0. The molecule has 0 aliphatic heterocycles. The van der Waals surface area contributed by atoms with Gasteiger partial charge in [-0.3, -0.25) is 0 Å². The van der Waals surface area contributed by atoms with Crippen molar-refractivity contribution in [2.24, 2.45) is 0 Å². The van der Waals surface area contributed by atoms with E-state index in [1.807, 2.05) is 6.07 Å². The Morgan fingerprint density at radius 2 is 1.94 bits per heavy atom. The van der Waals surface area contributed by atoms with Gasteiger partial charge >= 0.3 is 0 Å². The molecule has 17 heavy (non-hydrogen) atoms. The first kappa shape index (κ1) is 11.0. The van der Waals surface area contributed by atoms with Crippen LogP contribution in [0.5, 0.6) is 11.5 Å². The Morgan fingerprint density at radius 1 is 1.18 bits per heavy atom. The Labute approximate surface area is 97.8 Å². The van der Waals surface area contributed by atoms with Crippen molar-refractivity contribution in [3.05, 3.63) is 23.9 Å². The quantitative estimate of drug-likeness (QED) is 0.860. The molecule has 0 radical (unpaired) electrons. The average molecular weight is 230 g/mol. The first-order valence-corrected chi connectivity index (χ1v) is 4.83. The normalized spacial score (nSPS) is 9.71. The minimum absolute atomic E-state index is 0.247. The van der Waals surface area contributed by atoms with Crippen LogP contribution in [0.15, 0.2) is 18.2 Å². The van der Waals surface area contributed by atoms with Crippen molar-refractivity contribution in [3.63, 3.8) is 0 Å². The zero-order chi connectivity index (χ0) is 12.3. The number of H-pyrrole nitrogens is 1. The van der Waals surface area contributed by atoms with E-state index in [2.05, 4.69) is 15.4 Å². The zero-order valence-corrected chi connectivity index (χ0v) is 9.39. The van der Waals surface area contributed by atoms with Crippen molar-refractivity contribution in [1.29, 1.82) is 5.26 Å². The van der Waals surface area contributed by atoms with Crippen molar-refractivity contribution in [1.82, 2.24) is 15.4 Å². The van der Waals surface area contributed by atoms with Gasteiger partial charge in [0.1, 0.15) is 11.8 Å².